The lowest BCUT2D eigenvalue weighted by molar-refractivity contribution is -0.120. The summed E-state index contributed by atoms with van der Waals surface area (Å²) in [7, 11) is 0. The molecule has 4 nitrogen and oxygen atoms in total. The van der Waals surface area contributed by atoms with Crippen molar-refractivity contribution in [3.05, 3.63) is 34.3 Å². The van der Waals surface area contributed by atoms with Crippen molar-refractivity contribution < 1.29 is 19.8 Å². The quantitative estimate of drug-likeness (QED) is 0.604. The monoisotopic (exact) mass is 264 g/mol. The van der Waals surface area contributed by atoms with Gasteiger partial charge in [-0.05, 0) is 39.5 Å². The first-order valence-corrected chi connectivity index (χ1v) is 6.36. The van der Waals surface area contributed by atoms with Gasteiger partial charge in [0.25, 0.3) is 0 Å². The highest BCUT2D eigenvalue weighted by Crippen LogP contribution is 2.31. The minimum atomic E-state index is -0.844. The van der Waals surface area contributed by atoms with E-state index in [1.165, 1.54) is 6.92 Å². The molecule has 0 spiro atoms. The molecule has 1 rings (SSSR count). The molecule has 0 aromatic carbocycles. The van der Waals surface area contributed by atoms with Gasteiger partial charge in [-0.1, -0.05) is 18.6 Å². The van der Waals surface area contributed by atoms with Crippen molar-refractivity contribution in [2.24, 2.45) is 5.92 Å². The average molecular weight is 264 g/mol. The summed E-state index contributed by atoms with van der Waals surface area (Å²) in [4.78, 5) is 23.8. The molecule has 0 bridgehead atoms. The van der Waals surface area contributed by atoms with Gasteiger partial charge in [-0.25, -0.2) is 0 Å². The number of allylic oxidation sites excluding steroid dienone is 4. The maximum absolute atomic E-state index is 12.0. The van der Waals surface area contributed by atoms with Crippen LogP contribution < -0.4 is 0 Å². The number of aliphatic hydroxyl groups excluding tert-OH is 2. The Kier molecular flexibility index (Phi) is 4.70. The SMILES string of the molecule is CCC(CC=C(C)C)C1=C(C)C(=O)C(O)=C(O)C1=O. The zero-order chi connectivity index (χ0) is 14.7. The van der Waals surface area contributed by atoms with Gasteiger partial charge in [0.2, 0.25) is 23.1 Å². The van der Waals surface area contributed by atoms with Gasteiger partial charge < -0.3 is 10.2 Å². The van der Waals surface area contributed by atoms with E-state index in [0.717, 1.165) is 5.57 Å². The zero-order valence-corrected chi connectivity index (χ0v) is 11.8. The Morgan fingerprint density at radius 3 is 2.16 bits per heavy atom. The number of carbonyl (C=O) groups excluding carboxylic acids is 2. The maximum atomic E-state index is 12.0. The third-order valence-corrected chi connectivity index (χ3v) is 3.36. The van der Waals surface area contributed by atoms with Crippen LogP contribution in [0.15, 0.2) is 34.3 Å². The fourth-order valence-corrected chi connectivity index (χ4v) is 2.17. The molecule has 0 radical (unpaired) electrons. The summed E-state index contributed by atoms with van der Waals surface area (Å²) in [6, 6.07) is 0. The first-order chi connectivity index (χ1) is 8.81. The van der Waals surface area contributed by atoms with E-state index in [9.17, 15) is 19.8 Å². The molecule has 104 valence electrons. The number of hydrogen-bond donors (Lipinski definition) is 2. The summed E-state index contributed by atoms with van der Waals surface area (Å²) < 4.78 is 0. The van der Waals surface area contributed by atoms with E-state index in [-0.39, 0.29) is 11.5 Å². The van der Waals surface area contributed by atoms with Crippen LogP contribution in [0.5, 0.6) is 0 Å². The molecule has 0 fully saturated rings. The van der Waals surface area contributed by atoms with Gasteiger partial charge in [0, 0.05) is 11.1 Å². The third kappa shape index (κ3) is 2.95. The molecule has 4 heteroatoms. The standard InChI is InChI=1S/C15H20O4/c1-5-10(7-6-8(2)3)11-9(4)12(16)14(18)15(19)13(11)17/h6,10,18-19H,5,7H2,1-4H3. The molecule has 0 saturated heterocycles. The largest absolute Gasteiger partial charge is 0.501 e. The van der Waals surface area contributed by atoms with Crippen molar-refractivity contribution in [3.8, 4) is 0 Å². The molecule has 0 aromatic rings. The molecule has 1 aliphatic carbocycles. The fraction of sp³-hybridized carbons (Fsp3) is 0.467. The highest BCUT2D eigenvalue weighted by atomic mass is 16.3. The summed E-state index contributed by atoms with van der Waals surface area (Å²) >= 11 is 0. The lowest BCUT2D eigenvalue weighted by atomic mass is 9.81. The molecule has 0 aliphatic heterocycles. The second-order valence-electron chi connectivity index (χ2n) is 5.02. The van der Waals surface area contributed by atoms with Crippen molar-refractivity contribution in [1.82, 2.24) is 0 Å². The van der Waals surface area contributed by atoms with Gasteiger partial charge in [0.15, 0.2) is 0 Å². The van der Waals surface area contributed by atoms with Gasteiger partial charge in [0.05, 0.1) is 0 Å². The van der Waals surface area contributed by atoms with Crippen LogP contribution in [0.3, 0.4) is 0 Å². The van der Waals surface area contributed by atoms with Crippen LogP contribution in [-0.2, 0) is 9.59 Å². The van der Waals surface area contributed by atoms with E-state index in [4.69, 9.17) is 0 Å². The van der Waals surface area contributed by atoms with Crippen molar-refractivity contribution in [1.29, 1.82) is 0 Å². The van der Waals surface area contributed by atoms with Crippen molar-refractivity contribution in [3.63, 3.8) is 0 Å². The van der Waals surface area contributed by atoms with E-state index >= 15 is 0 Å². The maximum Gasteiger partial charge on any atom is 0.228 e. The second kappa shape index (κ2) is 5.87. The van der Waals surface area contributed by atoms with Gasteiger partial charge in [-0.2, -0.15) is 0 Å². The average Bonchev–Trinajstić information content (AvgIpc) is 2.37. The normalized spacial score (nSPS) is 17.9. The molecular formula is C15H20O4. The molecule has 0 saturated carbocycles. The predicted octanol–water partition coefficient (Wildman–Crippen LogP) is 3.16. The van der Waals surface area contributed by atoms with Gasteiger partial charge >= 0.3 is 0 Å². The summed E-state index contributed by atoms with van der Waals surface area (Å²) in [5.41, 5.74) is 1.68. The van der Waals surface area contributed by atoms with Crippen LogP contribution in [0, 0.1) is 5.92 Å². The molecule has 1 aliphatic rings. The Balaban J connectivity index is 3.19. The van der Waals surface area contributed by atoms with E-state index in [1.54, 1.807) is 0 Å². The molecule has 0 heterocycles. The Morgan fingerprint density at radius 1 is 1.16 bits per heavy atom. The van der Waals surface area contributed by atoms with Gasteiger partial charge in [-0.15, -0.1) is 0 Å². The van der Waals surface area contributed by atoms with Crippen LogP contribution >= 0.6 is 0 Å². The minimum Gasteiger partial charge on any atom is -0.501 e. The van der Waals surface area contributed by atoms with Gasteiger partial charge in [0.1, 0.15) is 0 Å². The zero-order valence-electron chi connectivity index (χ0n) is 11.8. The van der Waals surface area contributed by atoms with Crippen LogP contribution in [-0.4, -0.2) is 21.8 Å². The summed E-state index contributed by atoms with van der Waals surface area (Å²) in [6.07, 6.45) is 3.32. The Hall–Kier alpha value is -1.84. The van der Waals surface area contributed by atoms with Crippen molar-refractivity contribution >= 4 is 11.6 Å². The Labute approximate surface area is 113 Å². The highest BCUT2D eigenvalue weighted by molar-refractivity contribution is 6.23. The molecular weight excluding hydrogens is 244 g/mol. The fourth-order valence-electron chi connectivity index (χ4n) is 2.17. The molecule has 19 heavy (non-hydrogen) atoms. The molecule has 1 atom stereocenters. The van der Waals surface area contributed by atoms with E-state index in [1.807, 2.05) is 26.8 Å². The summed E-state index contributed by atoms with van der Waals surface area (Å²) in [5.74, 6) is -3.10. The third-order valence-electron chi connectivity index (χ3n) is 3.36. The number of rotatable bonds is 4. The molecule has 1 unspecified atom stereocenters. The lowest BCUT2D eigenvalue weighted by Gasteiger charge is -2.22. The van der Waals surface area contributed by atoms with Crippen molar-refractivity contribution in [2.45, 2.75) is 40.5 Å². The number of ketones is 2. The molecule has 2 N–H and O–H groups in total. The number of carbonyl (C=O) groups is 2. The lowest BCUT2D eigenvalue weighted by Crippen LogP contribution is -2.26. The number of hydrogen-bond acceptors (Lipinski definition) is 4. The van der Waals surface area contributed by atoms with Crippen molar-refractivity contribution in [2.75, 3.05) is 0 Å². The first-order valence-electron chi connectivity index (χ1n) is 6.36. The predicted molar refractivity (Wildman–Crippen MR) is 72.8 cm³/mol. The van der Waals surface area contributed by atoms with Crippen LogP contribution in [0.2, 0.25) is 0 Å². The van der Waals surface area contributed by atoms with Crippen LogP contribution in [0.25, 0.3) is 0 Å². The van der Waals surface area contributed by atoms with Crippen LogP contribution in [0.1, 0.15) is 40.5 Å². The minimum absolute atomic E-state index is 0.124. The van der Waals surface area contributed by atoms with E-state index < -0.39 is 23.1 Å². The first kappa shape index (κ1) is 15.2. The highest BCUT2D eigenvalue weighted by Gasteiger charge is 2.35. The van der Waals surface area contributed by atoms with E-state index in [2.05, 4.69) is 0 Å². The van der Waals surface area contributed by atoms with Crippen LogP contribution in [0.4, 0.5) is 0 Å². The van der Waals surface area contributed by atoms with E-state index in [0.29, 0.717) is 18.4 Å². The summed E-state index contributed by atoms with van der Waals surface area (Å²) in [5, 5.41) is 18.9. The summed E-state index contributed by atoms with van der Waals surface area (Å²) in [6.45, 7) is 7.37. The molecule has 0 aromatic heterocycles. The Bertz CT molecular complexity index is 502. The molecule has 0 amide bonds. The number of aliphatic hydroxyl groups is 2. The second-order valence-corrected chi connectivity index (χ2v) is 5.02. The number of Topliss-reactive ketones (excluding diaryl/α,β-unsaturated/α-hetero) is 2. The smallest absolute Gasteiger partial charge is 0.228 e. The Morgan fingerprint density at radius 2 is 1.68 bits per heavy atom. The topological polar surface area (TPSA) is 74.6 Å². The van der Waals surface area contributed by atoms with Gasteiger partial charge in [-0.3, -0.25) is 9.59 Å².